The highest BCUT2D eigenvalue weighted by Crippen LogP contribution is 2.26. The summed E-state index contributed by atoms with van der Waals surface area (Å²) < 4.78 is 6.99. The van der Waals surface area contributed by atoms with Gasteiger partial charge in [0.05, 0.1) is 24.2 Å². The van der Waals surface area contributed by atoms with Gasteiger partial charge >= 0.3 is 0 Å². The zero-order valence-corrected chi connectivity index (χ0v) is 15.4. The van der Waals surface area contributed by atoms with Crippen molar-refractivity contribution in [2.75, 3.05) is 12.4 Å². The van der Waals surface area contributed by atoms with Crippen LogP contribution in [-0.4, -0.2) is 22.8 Å². The molecule has 138 valence electrons. The summed E-state index contributed by atoms with van der Waals surface area (Å²) in [6.45, 7) is 0. The minimum atomic E-state index is -0.261. The molecule has 0 fully saturated rings. The van der Waals surface area contributed by atoms with Crippen molar-refractivity contribution >= 4 is 11.6 Å². The zero-order chi connectivity index (χ0) is 19.3. The van der Waals surface area contributed by atoms with Gasteiger partial charge in [0.2, 0.25) is 0 Å². The fourth-order valence-electron chi connectivity index (χ4n) is 2.99. The van der Waals surface area contributed by atoms with Crippen LogP contribution in [0.3, 0.4) is 0 Å². The lowest BCUT2D eigenvalue weighted by molar-refractivity contribution is 0.101. The Bertz CT molecular complexity index is 1090. The van der Waals surface area contributed by atoms with Gasteiger partial charge in [-0.2, -0.15) is 5.10 Å². The van der Waals surface area contributed by atoms with Gasteiger partial charge in [0.1, 0.15) is 11.4 Å². The lowest BCUT2D eigenvalue weighted by atomic mass is 10.1. The first kappa shape index (κ1) is 17.5. The van der Waals surface area contributed by atoms with Crippen LogP contribution >= 0.6 is 0 Å². The Labute approximate surface area is 163 Å². The van der Waals surface area contributed by atoms with Gasteiger partial charge in [0.15, 0.2) is 0 Å². The van der Waals surface area contributed by atoms with Crippen LogP contribution in [-0.2, 0) is 0 Å². The predicted molar refractivity (Wildman–Crippen MR) is 110 cm³/mol. The molecule has 1 aromatic heterocycles. The van der Waals surface area contributed by atoms with E-state index >= 15 is 0 Å². The second-order valence-corrected chi connectivity index (χ2v) is 6.18. The molecular formula is C23H19N3O2. The number of rotatable bonds is 5. The second-order valence-electron chi connectivity index (χ2n) is 6.18. The molecule has 0 radical (unpaired) electrons. The zero-order valence-electron chi connectivity index (χ0n) is 15.4. The highest BCUT2D eigenvalue weighted by Gasteiger charge is 2.18. The molecule has 0 aliphatic rings. The summed E-state index contributed by atoms with van der Waals surface area (Å²) in [5.74, 6) is 0.341. The van der Waals surface area contributed by atoms with E-state index in [1.165, 1.54) is 0 Å². The Kier molecular flexibility index (Phi) is 4.89. The molecule has 0 bridgehead atoms. The fourth-order valence-corrected chi connectivity index (χ4v) is 2.99. The maximum atomic E-state index is 13.1. The number of aromatic nitrogens is 2. The topological polar surface area (TPSA) is 56.1 Å². The molecule has 0 saturated carbocycles. The number of benzene rings is 3. The van der Waals surface area contributed by atoms with E-state index in [9.17, 15) is 4.79 Å². The van der Waals surface area contributed by atoms with Crippen LogP contribution in [0.15, 0.2) is 91.0 Å². The summed E-state index contributed by atoms with van der Waals surface area (Å²) in [5, 5.41) is 7.61. The summed E-state index contributed by atoms with van der Waals surface area (Å²) >= 11 is 0. The molecular weight excluding hydrogens is 350 g/mol. The first-order chi connectivity index (χ1) is 13.8. The summed E-state index contributed by atoms with van der Waals surface area (Å²) in [5.41, 5.74) is 3.54. The monoisotopic (exact) mass is 369 g/mol. The molecule has 1 N–H and O–H groups in total. The van der Waals surface area contributed by atoms with Crippen molar-refractivity contribution in [2.24, 2.45) is 0 Å². The van der Waals surface area contributed by atoms with E-state index in [2.05, 4.69) is 10.4 Å². The Morgan fingerprint density at radius 1 is 0.893 bits per heavy atom. The number of amides is 1. The molecule has 3 aromatic carbocycles. The third-order valence-electron chi connectivity index (χ3n) is 4.37. The number of ether oxygens (including phenoxy) is 1. The van der Waals surface area contributed by atoms with E-state index in [4.69, 9.17) is 4.74 Å². The van der Waals surface area contributed by atoms with E-state index in [1.807, 2.05) is 72.8 Å². The maximum Gasteiger partial charge on any atom is 0.274 e. The van der Waals surface area contributed by atoms with E-state index < -0.39 is 0 Å². The van der Waals surface area contributed by atoms with Crippen LogP contribution in [0.1, 0.15) is 10.5 Å². The van der Waals surface area contributed by atoms with Crippen molar-refractivity contribution < 1.29 is 9.53 Å². The number of nitrogens with zero attached hydrogens (tertiary/aromatic N) is 2. The Hall–Kier alpha value is -3.86. The van der Waals surface area contributed by atoms with E-state index in [1.54, 1.807) is 30.0 Å². The van der Waals surface area contributed by atoms with Crippen LogP contribution in [0.2, 0.25) is 0 Å². The predicted octanol–water partition coefficient (Wildman–Crippen LogP) is 4.80. The highest BCUT2D eigenvalue weighted by molar-refractivity contribution is 6.04. The van der Waals surface area contributed by atoms with E-state index in [0.29, 0.717) is 17.1 Å². The normalized spacial score (nSPS) is 10.5. The Morgan fingerprint density at radius 3 is 2.25 bits per heavy atom. The van der Waals surface area contributed by atoms with Crippen LogP contribution in [0.4, 0.5) is 5.69 Å². The van der Waals surface area contributed by atoms with Crippen molar-refractivity contribution in [3.8, 4) is 22.7 Å². The Balaban J connectivity index is 1.76. The molecule has 5 nitrogen and oxygen atoms in total. The molecule has 4 aromatic rings. The van der Waals surface area contributed by atoms with Crippen LogP contribution < -0.4 is 10.1 Å². The number of para-hydroxylation sites is 3. The van der Waals surface area contributed by atoms with Gasteiger partial charge in [-0.3, -0.25) is 4.79 Å². The summed E-state index contributed by atoms with van der Waals surface area (Å²) in [4.78, 5) is 13.1. The molecule has 0 saturated heterocycles. The summed E-state index contributed by atoms with van der Waals surface area (Å²) in [6, 6.07) is 28.5. The number of methoxy groups -OCH3 is 1. The molecule has 5 heteroatoms. The molecule has 0 aliphatic carbocycles. The molecule has 1 heterocycles. The van der Waals surface area contributed by atoms with E-state index in [-0.39, 0.29) is 5.91 Å². The van der Waals surface area contributed by atoms with Gasteiger partial charge in [0.25, 0.3) is 5.91 Å². The third kappa shape index (κ3) is 3.50. The molecule has 28 heavy (non-hydrogen) atoms. The first-order valence-corrected chi connectivity index (χ1v) is 8.91. The number of nitrogens with one attached hydrogen (secondary N) is 1. The van der Waals surface area contributed by atoms with Gasteiger partial charge in [0, 0.05) is 5.56 Å². The minimum Gasteiger partial charge on any atom is -0.495 e. The van der Waals surface area contributed by atoms with Gasteiger partial charge < -0.3 is 10.1 Å². The maximum absolute atomic E-state index is 13.1. The number of hydrogen-bond donors (Lipinski definition) is 1. The number of hydrogen-bond acceptors (Lipinski definition) is 3. The molecule has 4 rings (SSSR count). The standard InChI is InChI=1S/C23H19N3O2/c1-28-22-15-9-8-14-19(22)24-23(27)21-16-20(17-10-4-2-5-11-17)25-26(21)18-12-6-3-7-13-18/h2-16H,1H3,(H,24,27). The molecule has 0 atom stereocenters. The van der Waals surface area contributed by atoms with Crippen LogP contribution in [0.25, 0.3) is 16.9 Å². The lowest BCUT2D eigenvalue weighted by Gasteiger charge is -2.11. The first-order valence-electron chi connectivity index (χ1n) is 8.91. The number of anilines is 1. The van der Waals surface area contributed by atoms with E-state index in [0.717, 1.165) is 16.9 Å². The average Bonchev–Trinajstić information content (AvgIpc) is 3.21. The van der Waals surface area contributed by atoms with Crippen molar-refractivity contribution in [3.63, 3.8) is 0 Å². The van der Waals surface area contributed by atoms with Gasteiger partial charge in [-0.05, 0) is 30.3 Å². The van der Waals surface area contributed by atoms with Crippen LogP contribution in [0, 0.1) is 0 Å². The number of carbonyl (C=O) groups excluding carboxylic acids is 1. The van der Waals surface area contributed by atoms with Gasteiger partial charge in [-0.1, -0.05) is 60.7 Å². The van der Waals surface area contributed by atoms with Crippen LogP contribution in [0.5, 0.6) is 5.75 Å². The number of carbonyl (C=O) groups is 1. The van der Waals surface area contributed by atoms with Gasteiger partial charge in [-0.15, -0.1) is 0 Å². The SMILES string of the molecule is COc1ccccc1NC(=O)c1cc(-c2ccccc2)nn1-c1ccccc1. The van der Waals surface area contributed by atoms with Crippen molar-refractivity contribution in [2.45, 2.75) is 0 Å². The lowest BCUT2D eigenvalue weighted by Crippen LogP contribution is -2.17. The molecule has 0 spiro atoms. The minimum absolute atomic E-state index is 0.261. The Morgan fingerprint density at radius 2 is 1.54 bits per heavy atom. The average molecular weight is 369 g/mol. The third-order valence-corrected chi connectivity index (χ3v) is 4.37. The fraction of sp³-hybridized carbons (Fsp3) is 0.0435. The van der Waals surface area contributed by atoms with Gasteiger partial charge in [-0.25, -0.2) is 4.68 Å². The highest BCUT2D eigenvalue weighted by atomic mass is 16.5. The van der Waals surface area contributed by atoms with Crippen molar-refractivity contribution in [3.05, 3.63) is 96.7 Å². The van der Waals surface area contributed by atoms with Crippen molar-refractivity contribution in [1.29, 1.82) is 0 Å². The largest absolute Gasteiger partial charge is 0.495 e. The molecule has 0 aliphatic heterocycles. The summed E-state index contributed by atoms with van der Waals surface area (Å²) in [6.07, 6.45) is 0. The quantitative estimate of drug-likeness (QED) is 0.550. The van der Waals surface area contributed by atoms with Crippen molar-refractivity contribution in [1.82, 2.24) is 9.78 Å². The smallest absolute Gasteiger partial charge is 0.274 e. The molecule has 1 amide bonds. The molecule has 0 unspecified atom stereocenters. The second kappa shape index (κ2) is 7.80. The summed E-state index contributed by atoms with van der Waals surface area (Å²) in [7, 11) is 1.58.